The van der Waals surface area contributed by atoms with Gasteiger partial charge in [-0.25, -0.2) is 4.98 Å². The summed E-state index contributed by atoms with van der Waals surface area (Å²) < 4.78 is 5.00. The van der Waals surface area contributed by atoms with Gasteiger partial charge in [0.1, 0.15) is 5.15 Å². The van der Waals surface area contributed by atoms with Crippen molar-refractivity contribution in [3.63, 3.8) is 0 Å². The zero-order valence-electron chi connectivity index (χ0n) is 12.1. The zero-order chi connectivity index (χ0) is 15.8. The minimum atomic E-state index is -0.978. The molecule has 7 heteroatoms. The van der Waals surface area contributed by atoms with Crippen molar-refractivity contribution in [2.24, 2.45) is 0 Å². The quantitative estimate of drug-likeness (QED) is 0.715. The molecule has 0 aliphatic heterocycles. The van der Waals surface area contributed by atoms with E-state index in [9.17, 15) is 9.59 Å². The Kier molecular flexibility index (Phi) is 7.11. The van der Waals surface area contributed by atoms with Crippen LogP contribution in [0.3, 0.4) is 0 Å². The second-order valence-electron chi connectivity index (χ2n) is 4.59. The number of hydrogen-bond acceptors (Lipinski definition) is 4. The number of amides is 1. The number of methoxy groups -OCH3 is 1. The maximum absolute atomic E-state index is 12.1. The molecule has 2 N–H and O–H groups in total. The summed E-state index contributed by atoms with van der Waals surface area (Å²) in [6.07, 6.45) is 0.896. The first-order valence-electron chi connectivity index (χ1n) is 6.65. The summed E-state index contributed by atoms with van der Waals surface area (Å²) in [5.41, 5.74) is 1.16. The maximum Gasteiger partial charge on any atom is 0.306 e. The standard InChI is InChI=1S/C14H19ClN2O4/c1-3-4-10-5-9(6-12(15)17-10)14(20)16-8-11(21-2)7-13(18)19/h5-6,11H,3-4,7-8H2,1-2H3,(H,16,20)(H,18,19). The molecule has 0 aliphatic rings. The lowest BCUT2D eigenvalue weighted by Crippen LogP contribution is -2.34. The molecule has 0 fully saturated rings. The Morgan fingerprint density at radius 1 is 1.48 bits per heavy atom. The van der Waals surface area contributed by atoms with Crippen LogP contribution in [0.1, 0.15) is 35.8 Å². The summed E-state index contributed by atoms with van der Waals surface area (Å²) in [5.74, 6) is -1.31. The fraction of sp³-hybridized carbons (Fsp3) is 0.500. The van der Waals surface area contributed by atoms with Crippen LogP contribution in [0.2, 0.25) is 5.15 Å². The normalized spacial score (nSPS) is 12.0. The van der Waals surface area contributed by atoms with Gasteiger partial charge in [0, 0.05) is 24.9 Å². The van der Waals surface area contributed by atoms with Crippen LogP contribution >= 0.6 is 11.6 Å². The lowest BCUT2D eigenvalue weighted by molar-refractivity contribution is -0.139. The zero-order valence-corrected chi connectivity index (χ0v) is 12.8. The van der Waals surface area contributed by atoms with Gasteiger partial charge in [-0.05, 0) is 18.6 Å². The first kappa shape index (κ1) is 17.4. The van der Waals surface area contributed by atoms with Gasteiger partial charge in [0.2, 0.25) is 0 Å². The lowest BCUT2D eigenvalue weighted by atomic mass is 10.1. The molecule has 0 saturated heterocycles. The molecule has 0 radical (unpaired) electrons. The predicted octanol–water partition coefficient (Wildman–Crippen LogP) is 1.91. The number of hydrogen-bond donors (Lipinski definition) is 2. The molecule has 116 valence electrons. The Labute approximate surface area is 128 Å². The van der Waals surface area contributed by atoms with E-state index in [4.69, 9.17) is 21.4 Å². The van der Waals surface area contributed by atoms with Crippen LogP contribution in [0.5, 0.6) is 0 Å². The topological polar surface area (TPSA) is 88.5 Å². The highest BCUT2D eigenvalue weighted by Crippen LogP contribution is 2.12. The molecule has 0 bridgehead atoms. The van der Waals surface area contributed by atoms with Crippen LogP contribution < -0.4 is 5.32 Å². The van der Waals surface area contributed by atoms with Crippen LogP contribution in [-0.4, -0.2) is 41.7 Å². The summed E-state index contributed by atoms with van der Waals surface area (Å²) in [6.45, 7) is 2.13. The Morgan fingerprint density at radius 2 is 2.19 bits per heavy atom. The van der Waals surface area contributed by atoms with Crippen LogP contribution in [-0.2, 0) is 16.0 Å². The van der Waals surface area contributed by atoms with Gasteiger partial charge in [-0.15, -0.1) is 0 Å². The molecule has 0 aliphatic carbocycles. The number of ether oxygens (including phenoxy) is 1. The van der Waals surface area contributed by atoms with E-state index in [1.165, 1.54) is 13.2 Å². The third-order valence-electron chi connectivity index (χ3n) is 2.84. The Bertz CT molecular complexity index is 508. The Balaban J connectivity index is 2.68. The lowest BCUT2D eigenvalue weighted by Gasteiger charge is -2.14. The van der Waals surface area contributed by atoms with Crippen molar-refractivity contribution >= 4 is 23.5 Å². The number of nitrogens with zero attached hydrogens (tertiary/aromatic N) is 1. The number of carbonyl (C=O) groups is 2. The molecule has 1 heterocycles. The summed E-state index contributed by atoms with van der Waals surface area (Å²) in [6, 6.07) is 3.17. The van der Waals surface area contributed by atoms with Gasteiger partial charge in [-0.2, -0.15) is 0 Å². The van der Waals surface area contributed by atoms with Crippen molar-refractivity contribution in [3.8, 4) is 0 Å². The van der Waals surface area contributed by atoms with E-state index in [0.717, 1.165) is 18.5 Å². The molecule has 1 atom stereocenters. The number of aromatic nitrogens is 1. The fourth-order valence-corrected chi connectivity index (χ4v) is 2.03. The van der Waals surface area contributed by atoms with Crippen LogP contribution in [0.15, 0.2) is 12.1 Å². The van der Waals surface area contributed by atoms with E-state index >= 15 is 0 Å². The van der Waals surface area contributed by atoms with E-state index in [1.54, 1.807) is 6.07 Å². The highest BCUT2D eigenvalue weighted by atomic mass is 35.5. The Morgan fingerprint density at radius 3 is 2.76 bits per heavy atom. The van der Waals surface area contributed by atoms with E-state index in [0.29, 0.717) is 5.56 Å². The van der Waals surface area contributed by atoms with Gasteiger partial charge in [-0.3, -0.25) is 9.59 Å². The highest BCUT2D eigenvalue weighted by molar-refractivity contribution is 6.29. The van der Waals surface area contributed by atoms with Crippen molar-refractivity contribution in [2.45, 2.75) is 32.3 Å². The van der Waals surface area contributed by atoms with Gasteiger partial charge >= 0.3 is 5.97 Å². The number of aryl methyl sites for hydroxylation is 1. The number of nitrogens with one attached hydrogen (secondary N) is 1. The maximum atomic E-state index is 12.1. The highest BCUT2D eigenvalue weighted by Gasteiger charge is 2.15. The third kappa shape index (κ3) is 6.10. The molecule has 0 saturated carbocycles. The average molecular weight is 315 g/mol. The molecule has 1 rings (SSSR count). The number of carboxylic acid groups (broad SMARTS) is 1. The largest absolute Gasteiger partial charge is 0.481 e. The second kappa shape index (κ2) is 8.59. The first-order valence-corrected chi connectivity index (χ1v) is 7.03. The van der Waals surface area contributed by atoms with Gasteiger partial charge in [0.05, 0.1) is 12.5 Å². The molecule has 1 amide bonds. The number of halogens is 1. The summed E-state index contributed by atoms with van der Waals surface area (Å²) >= 11 is 5.90. The predicted molar refractivity (Wildman–Crippen MR) is 78.6 cm³/mol. The summed E-state index contributed by atoms with van der Waals surface area (Å²) in [5, 5.41) is 11.6. The molecule has 0 spiro atoms. The number of aliphatic carboxylic acids is 1. The molecular weight excluding hydrogens is 296 g/mol. The van der Waals surface area contributed by atoms with Gasteiger partial charge in [0.25, 0.3) is 5.91 Å². The molecular formula is C14H19ClN2O4. The molecule has 6 nitrogen and oxygen atoms in total. The first-order chi connectivity index (χ1) is 9.96. The molecule has 1 aromatic heterocycles. The summed E-state index contributed by atoms with van der Waals surface area (Å²) in [4.78, 5) is 26.8. The molecule has 0 aromatic carbocycles. The van der Waals surface area contributed by atoms with E-state index in [1.807, 2.05) is 6.92 Å². The smallest absolute Gasteiger partial charge is 0.306 e. The summed E-state index contributed by atoms with van der Waals surface area (Å²) in [7, 11) is 1.41. The minimum absolute atomic E-state index is 0.116. The second-order valence-corrected chi connectivity index (χ2v) is 4.97. The van der Waals surface area contributed by atoms with E-state index < -0.39 is 12.1 Å². The number of carboxylic acids is 1. The fourth-order valence-electron chi connectivity index (χ4n) is 1.81. The van der Waals surface area contributed by atoms with Gasteiger partial charge < -0.3 is 15.2 Å². The van der Waals surface area contributed by atoms with Crippen molar-refractivity contribution in [2.75, 3.05) is 13.7 Å². The van der Waals surface area contributed by atoms with Gasteiger partial charge in [-0.1, -0.05) is 24.9 Å². The van der Waals surface area contributed by atoms with Crippen molar-refractivity contribution in [1.82, 2.24) is 10.3 Å². The van der Waals surface area contributed by atoms with Crippen molar-refractivity contribution < 1.29 is 19.4 Å². The SMILES string of the molecule is CCCc1cc(C(=O)NCC(CC(=O)O)OC)cc(Cl)n1. The molecule has 1 aromatic rings. The van der Waals surface area contributed by atoms with Crippen LogP contribution in [0, 0.1) is 0 Å². The monoisotopic (exact) mass is 314 g/mol. The van der Waals surface area contributed by atoms with E-state index in [2.05, 4.69) is 10.3 Å². The minimum Gasteiger partial charge on any atom is -0.481 e. The molecule has 1 unspecified atom stereocenters. The number of rotatable bonds is 8. The third-order valence-corrected chi connectivity index (χ3v) is 3.04. The van der Waals surface area contributed by atoms with Crippen molar-refractivity contribution in [1.29, 1.82) is 0 Å². The van der Waals surface area contributed by atoms with Crippen molar-refractivity contribution in [3.05, 3.63) is 28.5 Å². The van der Waals surface area contributed by atoms with Gasteiger partial charge in [0.15, 0.2) is 0 Å². The average Bonchev–Trinajstić information content (AvgIpc) is 2.42. The Hall–Kier alpha value is -1.66. The van der Waals surface area contributed by atoms with Crippen LogP contribution in [0.4, 0.5) is 0 Å². The molecule has 21 heavy (non-hydrogen) atoms. The number of pyridine rings is 1. The van der Waals surface area contributed by atoms with Crippen LogP contribution in [0.25, 0.3) is 0 Å². The number of carbonyl (C=O) groups excluding carboxylic acids is 1. The van der Waals surface area contributed by atoms with E-state index in [-0.39, 0.29) is 24.0 Å².